The van der Waals surface area contributed by atoms with E-state index in [1.54, 1.807) is 64.2 Å². The minimum absolute atomic E-state index is 0.00494. The Kier molecular flexibility index (Phi) is 5.01. The third kappa shape index (κ3) is 4.06. The van der Waals surface area contributed by atoms with Crippen LogP contribution in [0.1, 0.15) is 37.6 Å². The summed E-state index contributed by atoms with van der Waals surface area (Å²) >= 11 is 0. The molecule has 7 nitrogen and oxygen atoms in total. The Morgan fingerprint density at radius 2 is 1.79 bits per heavy atom. The second-order valence-corrected chi connectivity index (χ2v) is 9.49. The van der Waals surface area contributed by atoms with Crippen LogP contribution in [0.4, 0.5) is 0 Å². The van der Waals surface area contributed by atoms with Gasteiger partial charge in [0.05, 0.1) is 17.0 Å². The molecule has 0 saturated heterocycles. The molecular formula is C20H23N3O4S. The van der Waals surface area contributed by atoms with E-state index in [1.165, 1.54) is 0 Å². The molecule has 0 atom stereocenters. The number of carbonyl (C=O) groups is 1. The van der Waals surface area contributed by atoms with Gasteiger partial charge in [-0.15, -0.1) is 0 Å². The first-order valence-corrected chi connectivity index (χ1v) is 10.3. The van der Waals surface area contributed by atoms with E-state index in [-0.39, 0.29) is 11.3 Å². The Morgan fingerprint density at radius 1 is 1.14 bits per heavy atom. The summed E-state index contributed by atoms with van der Waals surface area (Å²) in [6.45, 7) is 8.96. The zero-order valence-electron chi connectivity index (χ0n) is 16.6. The first-order chi connectivity index (χ1) is 13.0. The molecule has 0 unspecified atom stereocenters. The molecule has 1 aromatic carbocycles. The van der Waals surface area contributed by atoms with Gasteiger partial charge in [-0.05, 0) is 58.4 Å². The predicted molar refractivity (Wildman–Crippen MR) is 106 cm³/mol. The average Bonchev–Trinajstić information content (AvgIpc) is 2.90. The molecule has 2 heterocycles. The lowest BCUT2D eigenvalue weighted by Crippen LogP contribution is -2.25. The molecule has 0 aliphatic rings. The number of aryl methyl sites for hydroxylation is 2. The highest BCUT2D eigenvalue weighted by Crippen LogP contribution is 2.23. The smallest absolute Gasteiger partial charge is 0.310 e. The van der Waals surface area contributed by atoms with Crippen molar-refractivity contribution in [1.29, 1.82) is 0 Å². The molecule has 2 aromatic heterocycles. The fourth-order valence-corrected chi connectivity index (χ4v) is 4.10. The number of esters is 1. The van der Waals surface area contributed by atoms with Gasteiger partial charge in [-0.2, -0.15) is 17.6 Å². The molecule has 0 fully saturated rings. The normalized spacial score (nSPS) is 12.3. The first kappa shape index (κ1) is 20.0. The Hall–Kier alpha value is -2.74. The second kappa shape index (κ2) is 7.01. The molecule has 0 amide bonds. The van der Waals surface area contributed by atoms with Crippen LogP contribution in [0.2, 0.25) is 0 Å². The molecule has 0 spiro atoms. The molecule has 28 heavy (non-hydrogen) atoms. The van der Waals surface area contributed by atoms with Crippen molar-refractivity contribution in [3.63, 3.8) is 0 Å². The topological polar surface area (TPSA) is 91.1 Å². The van der Waals surface area contributed by atoms with Crippen LogP contribution in [0.15, 0.2) is 41.4 Å². The number of rotatable bonds is 4. The molecule has 3 aromatic rings. The number of hydrogen-bond acceptors (Lipinski definition) is 6. The van der Waals surface area contributed by atoms with Crippen molar-refractivity contribution in [1.82, 2.24) is 14.2 Å². The maximum absolute atomic E-state index is 13.1. The quantitative estimate of drug-likeness (QED) is 0.624. The molecule has 148 valence electrons. The maximum Gasteiger partial charge on any atom is 0.310 e. The van der Waals surface area contributed by atoms with Crippen molar-refractivity contribution in [2.24, 2.45) is 0 Å². The molecule has 0 aliphatic carbocycles. The number of carbonyl (C=O) groups excluding carboxylic acids is 1. The van der Waals surface area contributed by atoms with E-state index in [1.807, 2.05) is 6.92 Å². The van der Waals surface area contributed by atoms with Crippen LogP contribution in [0.3, 0.4) is 0 Å². The van der Waals surface area contributed by atoms with Gasteiger partial charge in [0.15, 0.2) is 0 Å². The summed E-state index contributed by atoms with van der Waals surface area (Å²) in [5, 5.41) is 4.19. The highest BCUT2D eigenvalue weighted by atomic mass is 32.2. The first-order valence-electron chi connectivity index (χ1n) is 8.86. The van der Waals surface area contributed by atoms with Crippen LogP contribution in [-0.2, 0) is 26.0 Å². The Balaban J connectivity index is 2.04. The van der Waals surface area contributed by atoms with Gasteiger partial charge in [0.25, 0.3) is 10.0 Å². The van der Waals surface area contributed by atoms with E-state index in [2.05, 4.69) is 10.1 Å². The van der Waals surface area contributed by atoms with Crippen molar-refractivity contribution in [2.75, 3.05) is 0 Å². The van der Waals surface area contributed by atoms with Crippen molar-refractivity contribution in [2.45, 2.75) is 51.5 Å². The van der Waals surface area contributed by atoms with Gasteiger partial charge < -0.3 is 4.74 Å². The Morgan fingerprint density at radius 3 is 2.39 bits per heavy atom. The van der Waals surface area contributed by atoms with Crippen LogP contribution in [-0.4, -0.2) is 34.2 Å². The zero-order chi connectivity index (χ0) is 20.7. The van der Waals surface area contributed by atoms with Gasteiger partial charge in [-0.25, -0.2) is 0 Å². The van der Waals surface area contributed by atoms with Gasteiger partial charge in [0.1, 0.15) is 16.6 Å². The number of ether oxygens (including phenoxy) is 1. The number of aromatic nitrogens is 3. The van der Waals surface area contributed by atoms with Crippen molar-refractivity contribution in [3.8, 4) is 0 Å². The Labute approximate surface area is 164 Å². The van der Waals surface area contributed by atoms with Gasteiger partial charge in [-0.1, -0.05) is 17.7 Å². The number of hydrogen-bond donors (Lipinski definition) is 0. The summed E-state index contributed by atoms with van der Waals surface area (Å²) < 4.78 is 32.5. The third-order valence-electron chi connectivity index (χ3n) is 4.03. The number of nitrogens with zero attached hydrogens (tertiary/aromatic N) is 3. The van der Waals surface area contributed by atoms with E-state index in [0.29, 0.717) is 22.3 Å². The van der Waals surface area contributed by atoms with Crippen molar-refractivity contribution < 1.29 is 17.9 Å². The fourth-order valence-electron chi connectivity index (χ4n) is 2.79. The molecule has 3 rings (SSSR count). The van der Waals surface area contributed by atoms with E-state index < -0.39 is 21.6 Å². The van der Waals surface area contributed by atoms with Crippen LogP contribution in [0, 0.1) is 13.8 Å². The van der Waals surface area contributed by atoms with Crippen molar-refractivity contribution >= 4 is 27.0 Å². The maximum atomic E-state index is 13.1. The number of benzene rings is 1. The molecule has 0 aliphatic heterocycles. The van der Waals surface area contributed by atoms with Crippen molar-refractivity contribution in [3.05, 3.63) is 53.3 Å². The third-order valence-corrected chi connectivity index (χ3v) is 5.63. The highest BCUT2D eigenvalue weighted by Gasteiger charge is 2.23. The minimum Gasteiger partial charge on any atom is -0.460 e. The summed E-state index contributed by atoms with van der Waals surface area (Å²) in [4.78, 5) is 16.6. The standard InChI is InChI=1S/C20H23N3O4S/c1-13-6-8-16(9-7-13)28(25,26)23-17-10-15(11-18(24)27-20(3,4)5)12-21-19(17)14(2)22-23/h6-10,12H,11H2,1-5H3. The van der Waals surface area contributed by atoms with E-state index in [4.69, 9.17) is 4.74 Å². The SMILES string of the molecule is Cc1ccc(S(=O)(=O)n2nc(C)c3ncc(CC(=O)OC(C)(C)C)cc32)cc1. The van der Waals surface area contributed by atoms with Crippen LogP contribution < -0.4 is 0 Å². The molecule has 8 heteroatoms. The monoisotopic (exact) mass is 401 g/mol. The molecule has 0 bridgehead atoms. The summed E-state index contributed by atoms with van der Waals surface area (Å²) in [7, 11) is -3.89. The zero-order valence-corrected chi connectivity index (χ0v) is 17.4. The summed E-state index contributed by atoms with van der Waals surface area (Å²) in [5.41, 5.74) is 2.22. The van der Waals surface area contributed by atoms with Gasteiger partial charge in [0.2, 0.25) is 0 Å². The molecule has 0 radical (unpaired) electrons. The summed E-state index contributed by atoms with van der Waals surface area (Å²) in [5.74, 6) is -0.405. The fraction of sp³-hybridized carbons (Fsp3) is 0.350. The van der Waals surface area contributed by atoms with Gasteiger partial charge in [0, 0.05) is 6.20 Å². The minimum atomic E-state index is -3.89. The Bertz CT molecular complexity index is 1140. The lowest BCUT2D eigenvalue weighted by atomic mass is 10.1. The summed E-state index contributed by atoms with van der Waals surface area (Å²) in [6.07, 6.45) is 1.54. The van der Waals surface area contributed by atoms with Crippen LogP contribution in [0.25, 0.3) is 11.0 Å². The molecular weight excluding hydrogens is 378 g/mol. The van der Waals surface area contributed by atoms with E-state index in [0.717, 1.165) is 9.65 Å². The second-order valence-electron chi connectivity index (χ2n) is 7.72. The number of fused-ring (bicyclic) bond motifs is 1. The molecule has 0 saturated carbocycles. The van der Waals surface area contributed by atoms with Crippen LogP contribution >= 0.6 is 0 Å². The molecule has 0 N–H and O–H groups in total. The van der Waals surface area contributed by atoms with Gasteiger partial charge in [-0.3, -0.25) is 9.78 Å². The lowest BCUT2D eigenvalue weighted by molar-refractivity contribution is -0.153. The summed E-state index contributed by atoms with van der Waals surface area (Å²) in [6, 6.07) is 8.18. The number of pyridine rings is 1. The van der Waals surface area contributed by atoms with E-state index >= 15 is 0 Å². The van der Waals surface area contributed by atoms with Gasteiger partial charge >= 0.3 is 5.97 Å². The largest absolute Gasteiger partial charge is 0.460 e. The average molecular weight is 401 g/mol. The lowest BCUT2D eigenvalue weighted by Gasteiger charge is -2.19. The predicted octanol–water partition coefficient (Wildman–Crippen LogP) is 3.17. The van der Waals surface area contributed by atoms with Crippen LogP contribution in [0.5, 0.6) is 0 Å². The van der Waals surface area contributed by atoms with E-state index in [9.17, 15) is 13.2 Å². The highest BCUT2D eigenvalue weighted by molar-refractivity contribution is 7.90.